The number of hydrogen-bond acceptors (Lipinski definition) is 8. The number of aromatic nitrogens is 5. The highest BCUT2D eigenvalue weighted by atomic mass is 32.2. The molecule has 0 amide bonds. The van der Waals surface area contributed by atoms with E-state index in [4.69, 9.17) is 8.94 Å². The van der Waals surface area contributed by atoms with Gasteiger partial charge in [0.1, 0.15) is 0 Å². The van der Waals surface area contributed by atoms with Crippen LogP contribution in [0.5, 0.6) is 0 Å². The van der Waals surface area contributed by atoms with Crippen LogP contribution in [0.25, 0.3) is 28.7 Å². The molecule has 28 heavy (non-hydrogen) atoms. The first-order valence-corrected chi connectivity index (χ1v) is 10.3. The van der Waals surface area contributed by atoms with Crippen LogP contribution in [-0.2, 0) is 5.75 Å². The van der Waals surface area contributed by atoms with Gasteiger partial charge in [-0.05, 0) is 35.7 Å². The first kappa shape index (κ1) is 17.0. The molecule has 138 valence electrons. The maximum atomic E-state index is 5.53. The fourth-order valence-electron chi connectivity index (χ4n) is 2.68. The van der Waals surface area contributed by atoms with Gasteiger partial charge in [-0.15, -0.1) is 10.2 Å². The van der Waals surface area contributed by atoms with Gasteiger partial charge < -0.3 is 8.94 Å². The zero-order valence-electron chi connectivity index (χ0n) is 14.4. The van der Waals surface area contributed by atoms with E-state index in [1.165, 1.54) is 11.8 Å². The quantitative estimate of drug-likeness (QED) is 0.369. The Labute approximate surface area is 168 Å². The van der Waals surface area contributed by atoms with Crippen molar-refractivity contribution < 1.29 is 8.94 Å². The zero-order valence-corrected chi connectivity index (χ0v) is 16.1. The van der Waals surface area contributed by atoms with Crippen LogP contribution in [0.3, 0.4) is 0 Å². The molecule has 4 heterocycles. The van der Waals surface area contributed by atoms with Gasteiger partial charge in [0.15, 0.2) is 16.7 Å². The molecule has 0 spiro atoms. The van der Waals surface area contributed by atoms with Crippen LogP contribution >= 0.6 is 23.1 Å². The summed E-state index contributed by atoms with van der Waals surface area (Å²) in [6.07, 6.45) is 1.62. The molecule has 0 fully saturated rings. The second-order valence-electron chi connectivity index (χ2n) is 5.77. The number of para-hydroxylation sites is 1. The Morgan fingerprint density at radius 2 is 1.96 bits per heavy atom. The van der Waals surface area contributed by atoms with Gasteiger partial charge in [0.05, 0.1) is 17.6 Å². The summed E-state index contributed by atoms with van der Waals surface area (Å²) in [7, 11) is 0. The molecular formula is C19H13N5O2S2. The highest BCUT2D eigenvalue weighted by Crippen LogP contribution is 2.30. The van der Waals surface area contributed by atoms with Gasteiger partial charge in [-0.2, -0.15) is 16.3 Å². The molecule has 4 aromatic heterocycles. The minimum Gasteiger partial charge on any atom is -0.461 e. The zero-order chi connectivity index (χ0) is 18.8. The van der Waals surface area contributed by atoms with Crippen LogP contribution in [0.2, 0.25) is 0 Å². The van der Waals surface area contributed by atoms with Crippen LogP contribution in [0.4, 0.5) is 0 Å². The standard InChI is InChI=1S/C19H13N5O2S2/c1-2-5-14(6-3-1)24-17(15-7-4-9-25-15)21-22-19(24)28-12-16-20-18(26-23-16)13-8-10-27-11-13/h1-11H,12H2. The van der Waals surface area contributed by atoms with Crippen LogP contribution in [-0.4, -0.2) is 24.9 Å². The van der Waals surface area contributed by atoms with Crippen molar-refractivity contribution >= 4 is 23.1 Å². The van der Waals surface area contributed by atoms with Crippen molar-refractivity contribution in [3.8, 4) is 28.7 Å². The molecular weight excluding hydrogens is 394 g/mol. The molecule has 0 aliphatic heterocycles. The summed E-state index contributed by atoms with van der Waals surface area (Å²) < 4.78 is 12.8. The SMILES string of the molecule is c1ccc(-n2c(SCc3noc(-c4ccsc4)n3)nnc2-c2ccco2)cc1. The van der Waals surface area contributed by atoms with E-state index in [-0.39, 0.29) is 0 Å². The fraction of sp³-hybridized carbons (Fsp3) is 0.0526. The Morgan fingerprint density at radius 3 is 2.75 bits per heavy atom. The largest absolute Gasteiger partial charge is 0.461 e. The van der Waals surface area contributed by atoms with Crippen LogP contribution in [0.1, 0.15) is 5.82 Å². The molecule has 0 saturated heterocycles. The molecule has 9 heteroatoms. The number of hydrogen-bond donors (Lipinski definition) is 0. The highest BCUT2D eigenvalue weighted by Gasteiger charge is 2.19. The Morgan fingerprint density at radius 1 is 1.04 bits per heavy atom. The predicted octanol–water partition coefficient (Wildman–Crippen LogP) is 4.93. The molecule has 0 aliphatic rings. The van der Waals surface area contributed by atoms with Gasteiger partial charge >= 0.3 is 0 Å². The monoisotopic (exact) mass is 407 g/mol. The number of nitrogens with zero attached hydrogens (tertiary/aromatic N) is 5. The van der Waals surface area contributed by atoms with E-state index < -0.39 is 0 Å². The first-order valence-electron chi connectivity index (χ1n) is 8.41. The molecule has 0 N–H and O–H groups in total. The van der Waals surface area contributed by atoms with Gasteiger partial charge in [0.2, 0.25) is 5.82 Å². The van der Waals surface area contributed by atoms with Crippen molar-refractivity contribution in [3.63, 3.8) is 0 Å². The minimum absolute atomic E-state index is 0.511. The van der Waals surface area contributed by atoms with Gasteiger partial charge in [0, 0.05) is 11.1 Å². The lowest BCUT2D eigenvalue weighted by molar-refractivity contribution is 0.425. The Bertz CT molecular complexity index is 1160. The van der Waals surface area contributed by atoms with Crippen molar-refractivity contribution in [2.24, 2.45) is 0 Å². The summed E-state index contributed by atoms with van der Waals surface area (Å²) in [5.41, 5.74) is 1.88. The summed E-state index contributed by atoms with van der Waals surface area (Å²) in [4.78, 5) is 4.46. The van der Waals surface area contributed by atoms with E-state index in [1.807, 2.05) is 63.9 Å². The summed E-state index contributed by atoms with van der Waals surface area (Å²) in [5.74, 6) is 2.94. The molecule has 0 atom stereocenters. The number of rotatable bonds is 6. The third kappa shape index (κ3) is 3.25. The van der Waals surface area contributed by atoms with E-state index in [2.05, 4.69) is 20.3 Å². The number of furan rings is 1. The Balaban J connectivity index is 1.44. The highest BCUT2D eigenvalue weighted by molar-refractivity contribution is 7.98. The van der Waals surface area contributed by atoms with Crippen LogP contribution < -0.4 is 0 Å². The molecule has 1 aromatic carbocycles. The molecule has 5 rings (SSSR count). The lowest BCUT2D eigenvalue weighted by Gasteiger charge is -2.08. The first-order chi connectivity index (χ1) is 13.9. The maximum Gasteiger partial charge on any atom is 0.258 e. The van der Waals surface area contributed by atoms with Gasteiger partial charge in [-0.3, -0.25) is 4.57 Å². The molecule has 0 aliphatic carbocycles. The van der Waals surface area contributed by atoms with Gasteiger partial charge in [-0.25, -0.2) is 0 Å². The molecule has 7 nitrogen and oxygen atoms in total. The Hall–Kier alpha value is -3.17. The average molecular weight is 407 g/mol. The van der Waals surface area contributed by atoms with Crippen LogP contribution in [0.15, 0.2) is 79.7 Å². The third-order valence-electron chi connectivity index (χ3n) is 3.96. The topological polar surface area (TPSA) is 82.8 Å². The smallest absolute Gasteiger partial charge is 0.258 e. The van der Waals surface area contributed by atoms with Gasteiger partial charge in [0.25, 0.3) is 5.89 Å². The second kappa shape index (κ2) is 7.45. The second-order valence-corrected chi connectivity index (χ2v) is 7.49. The van der Waals surface area contributed by atoms with E-state index in [9.17, 15) is 0 Å². The normalized spacial score (nSPS) is 11.1. The lowest BCUT2D eigenvalue weighted by atomic mass is 10.3. The van der Waals surface area contributed by atoms with Crippen molar-refractivity contribution in [2.45, 2.75) is 10.9 Å². The average Bonchev–Trinajstić information content (AvgIpc) is 3.53. The van der Waals surface area contributed by atoms with Crippen molar-refractivity contribution in [1.82, 2.24) is 24.9 Å². The summed E-state index contributed by atoms with van der Waals surface area (Å²) in [6.45, 7) is 0. The third-order valence-corrected chi connectivity index (χ3v) is 5.56. The fourth-order valence-corrected chi connectivity index (χ4v) is 4.11. The Kier molecular flexibility index (Phi) is 4.51. The predicted molar refractivity (Wildman–Crippen MR) is 106 cm³/mol. The van der Waals surface area contributed by atoms with E-state index in [0.717, 1.165) is 16.4 Å². The molecule has 0 bridgehead atoms. The van der Waals surface area contributed by atoms with Crippen molar-refractivity contribution in [2.75, 3.05) is 0 Å². The van der Waals surface area contributed by atoms with Crippen LogP contribution in [0, 0.1) is 0 Å². The lowest BCUT2D eigenvalue weighted by Crippen LogP contribution is -1.99. The van der Waals surface area contributed by atoms with Crippen molar-refractivity contribution in [1.29, 1.82) is 0 Å². The summed E-state index contributed by atoms with van der Waals surface area (Å²) in [6, 6.07) is 15.6. The summed E-state index contributed by atoms with van der Waals surface area (Å²) >= 11 is 3.08. The molecule has 0 unspecified atom stereocenters. The van der Waals surface area contributed by atoms with E-state index in [1.54, 1.807) is 17.6 Å². The van der Waals surface area contributed by atoms with E-state index >= 15 is 0 Å². The minimum atomic E-state index is 0.511. The molecule has 0 radical (unpaired) electrons. The number of thiophene rings is 1. The van der Waals surface area contributed by atoms with E-state index in [0.29, 0.717) is 29.1 Å². The van der Waals surface area contributed by atoms with Crippen molar-refractivity contribution in [3.05, 3.63) is 71.4 Å². The summed E-state index contributed by atoms with van der Waals surface area (Å²) in [5, 5.41) is 17.4. The maximum absolute atomic E-state index is 5.53. The molecule has 5 aromatic rings. The number of thioether (sulfide) groups is 1. The van der Waals surface area contributed by atoms with Gasteiger partial charge in [-0.1, -0.05) is 35.1 Å². The number of benzene rings is 1. The molecule has 0 saturated carbocycles.